The third-order valence-corrected chi connectivity index (χ3v) is 5.79. The zero-order valence-corrected chi connectivity index (χ0v) is 13.4. The SMILES string of the molecule is CC1CC(C)C(C)N(C(=O)N2C(C)SCC2C(=O)O)C1. The van der Waals surface area contributed by atoms with Crippen molar-refractivity contribution in [3.63, 3.8) is 0 Å². The second kappa shape index (κ2) is 5.84. The van der Waals surface area contributed by atoms with Gasteiger partial charge in [-0.15, -0.1) is 11.8 Å². The maximum atomic E-state index is 12.8. The molecule has 2 rings (SSSR count). The normalized spacial score (nSPS) is 38.1. The molecule has 2 fully saturated rings. The van der Waals surface area contributed by atoms with Crippen molar-refractivity contribution in [2.24, 2.45) is 11.8 Å². The van der Waals surface area contributed by atoms with Gasteiger partial charge in [-0.1, -0.05) is 13.8 Å². The molecule has 0 aromatic carbocycles. The van der Waals surface area contributed by atoms with Gasteiger partial charge in [0.15, 0.2) is 0 Å². The molecule has 0 aromatic rings. The van der Waals surface area contributed by atoms with Crippen LogP contribution in [0.5, 0.6) is 0 Å². The maximum absolute atomic E-state index is 12.8. The lowest BCUT2D eigenvalue weighted by Gasteiger charge is -2.43. The zero-order valence-electron chi connectivity index (χ0n) is 12.6. The van der Waals surface area contributed by atoms with Crippen LogP contribution in [0, 0.1) is 11.8 Å². The van der Waals surface area contributed by atoms with Crippen LogP contribution in [0.2, 0.25) is 0 Å². The van der Waals surface area contributed by atoms with Gasteiger partial charge < -0.3 is 10.0 Å². The number of hydrogen-bond donors (Lipinski definition) is 1. The van der Waals surface area contributed by atoms with Gasteiger partial charge >= 0.3 is 12.0 Å². The van der Waals surface area contributed by atoms with Crippen LogP contribution in [-0.4, -0.2) is 56.7 Å². The highest BCUT2D eigenvalue weighted by Crippen LogP contribution is 2.33. The number of carboxylic acid groups (broad SMARTS) is 1. The molecule has 5 nitrogen and oxygen atoms in total. The van der Waals surface area contributed by atoms with Gasteiger partial charge in [-0.05, 0) is 32.1 Å². The fraction of sp³-hybridized carbons (Fsp3) is 0.857. The molecular formula is C14H24N2O3S. The Hall–Kier alpha value is -0.910. The van der Waals surface area contributed by atoms with Gasteiger partial charge in [-0.2, -0.15) is 0 Å². The summed E-state index contributed by atoms with van der Waals surface area (Å²) in [6.45, 7) is 9.02. The number of thioether (sulfide) groups is 1. The van der Waals surface area contributed by atoms with E-state index in [0.29, 0.717) is 17.6 Å². The summed E-state index contributed by atoms with van der Waals surface area (Å²) in [7, 11) is 0. The molecule has 0 aliphatic carbocycles. The lowest BCUT2D eigenvalue weighted by Crippen LogP contribution is -2.57. The number of amides is 2. The van der Waals surface area contributed by atoms with E-state index in [2.05, 4.69) is 20.8 Å². The molecule has 2 aliphatic rings. The third kappa shape index (κ3) is 2.75. The van der Waals surface area contributed by atoms with Crippen LogP contribution in [0.25, 0.3) is 0 Å². The van der Waals surface area contributed by atoms with Gasteiger partial charge in [-0.3, -0.25) is 4.90 Å². The van der Waals surface area contributed by atoms with Crippen molar-refractivity contribution in [1.82, 2.24) is 9.80 Å². The molecule has 2 heterocycles. The summed E-state index contributed by atoms with van der Waals surface area (Å²) in [5.74, 6) is 0.506. The fourth-order valence-electron chi connectivity index (χ4n) is 3.24. The number of aliphatic carboxylic acids is 1. The van der Waals surface area contributed by atoms with Gasteiger partial charge in [0, 0.05) is 18.3 Å². The number of carbonyl (C=O) groups excluding carboxylic acids is 1. The molecular weight excluding hydrogens is 276 g/mol. The Labute approximate surface area is 124 Å². The van der Waals surface area contributed by atoms with E-state index in [0.717, 1.165) is 13.0 Å². The first kappa shape index (κ1) is 15.5. The first-order valence-corrected chi connectivity index (χ1v) is 8.31. The molecule has 20 heavy (non-hydrogen) atoms. The van der Waals surface area contributed by atoms with Crippen molar-refractivity contribution in [1.29, 1.82) is 0 Å². The van der Waals surface area contributed by atoms with Crippen LogP contribution in [0.15, 0.2) is 0 Å². The monoisotopic (exact) mass is 300 g/mol. The van der Waals surface area contributed by atoms with E-state index < -0.39 is 12.0 Å². The average molecular weight is 300 g/mol. The number of rotatable bonds is 1. The average Bonchev–Trinajstić information content (AvgIpc) is 2.75. The zero-order chi connectivity index (χ0) is 15.0. The van der Waals surface area contributed by atoms with Gasteiger partial charge in [0.25, 0.3) is 0 Å². The summed E-state index contributed by atoms with van der Waals surface area (Å²) in [5, 5.41) is 9.23. The molecule has 6 heteroatoms. The van der Waals surface area contributed by atoms with Crippen LogP contribution >= 0.6 is 11.8 Å². The summed E-state index contributed by atoms with van der Waals surface area (Å²) in [4.78, 5) is 27.6. The molecule has 5 atom stereocenters. The van der Waals surface area contributed by atoms with E-state index in [9.17, 15) is 14.7 Å². The van der Waals surface area contributed by atoms with Crippen LogP contribution < -0.4 is 0 Å². The predicted octanol–water partition coefficient (Wildman–Crippen LogP) is 2.32. The van der Waals surface area contributed by atoms with Crippen molar-refractivity contribution in [2.75, 3.05) is 12.3 Å². The second-order valence-corrected chi connectivity index (χ2v) is 7.54. The number of likely N-dealkylation sites (tertiary alicyclic amines) is 1. The molecule has 2 amide bonds. The molecule has 114 valence electrons. The Kier molecular flexibility index (Phi) is 4.52. The van der Waals surface area contributed by atoms with Gasteiger partial charge in [0.1, 0.15) is 6.04 Å². The molecule has 0 radical (unpaired) electrons. The van der Waals surface area contributed by atoms with Gasteiger partial charge in [0.2, 0.25) is 0 Å². The largest absolute Gasteiger partial charge is 0.480 e. The van der Waals surface area contributed by atoms with Crippen molar-refractivity contribution >= 4 is 23.8 Å². The lowest BCUT2D eigenvalue weighted by atomic mass is 9.86. The number of carboxylic acids is 1. The molecule has 0 aromatic heterocycles. The van der Waals surface area contributed by atoms with Crippen molar-refractivity contribution < 1.29 is 14.7 Å². The Morgan fingerprint density at radius 1 is 1.20 bits per heavy atom. The Balaban J connectivity index is 2.18. The van der Waals surface area contributed by atoms with E-state index in [4.69, 9.17) is 0 Å². The molecule has 0 bridgehead atoms. The summed E-state index contributed by atoms with van der Waals surface area (Å²) in [5.41, 5.74) is 0. The minimum absolute atomic E-state index is 0.0664. The van der Waals surface area contributed by atoms with Crippen LogP contribution in [-0.2, 0) is 4.79 Å². The fourth-order valence-corrected chi connectivity index (χ4v) is 4.40. The Morgan fingerprint density at radius 3 is 2.45 bits per heavy atom. The first-order chi connectivity index (χ1) is 9.32. The van der Waals surface area contributed by atoms with Crippen LogP contribution in [0.1, 0.15) is 34.1 Å². The predicted molar refractivity (Wildman–Crippen MR) is 79.7 cm³/mol. The second-order valence-electron chi connectivity index (χ2n) is 6.19. The number of urea groups is 1. The highest BCUT2D eigenvalue weighted by atomic mass is 32.2. The number of carbonyl (C=O) groups is 2. The van der Waals surface area contributed by atoms with E-state index in [1.807, 2.05) is 11.8 Å². The smallest absolute Gasteiger partial charge is 0.327 e. The minimum Gasteiger partial charge on any atom is -0.480 e. The highest BCUT2D eigenvalue weighted by molar-refractivity contribution is 8.00. The molecule has 5 unspecified atom stereocenters. The topological polar surface area (TPSA) is 60.9 Å². The summed E-state index contributed by atoms with van der Waals surface area (Å²) in [6.07, 6.45) is 1.12. The molecule has 2 saturated heterocycles. The molecule has 1 N–H and O–H groups in total. The summed E-state index contributed by atoms with van der Waals surface area (Å²) >= 11 is 1.53. The van der Waals surface area contributed by atoms with Crippen molar-refractivity contribution in [2.45, 2.75) is 51.6 Å². The standard InChI is InChI=1S/C14H24N2O3S/c1-8-5-9(2)10(3)15(6-8)14(19)16-11(4)20-7-12(16)13(17)18/h8-12H,5-7H2,1-4H3,(H,17,18). The Morgan fingerprint density at radius 2 is 1.85 bits per heavy atom. The maximum Gasteiger partial charge on any atom is 0.327 e. The number of piperidine rings is 1. The van der Waals surface area contributed by atoms with E-state index in [1.165, 1.54) is 11.8 Å². The quantitative estimate of drug-likeness (QED) is 0.807. The summed E-state index contributed by atoms with van der Waals surface area (Å²) < 4.78 is 0. The summed E-state index contributed by atoms with van der Waals surface area (Å²) in [6, 6.07) is -0.631. The molecule has 2 aliphatic heterocycles. The van der Waals surface area contributed by atoms with Crippen molar-refractivity contribution in [3.05, 3.63) is 0 Å². The van der Waals surface area contributed by atoms with Gasteiger partial charge in [-0.25, -0.2) is 9.59 Å². The first-order valence-electron chi connectivity index (χ1n) is 7.26. The van der Waals surface area contributed by atoms with E-state index >= 15 is 0 Å². The van der Waals surface area contributed by atoms with Crippen LogP contribution in [0.4, 0.5) is 4.79 Å². The molecule has 0 saturated carbocycles. The lowest BCUT2D eigenvalue weighted by molar-refractivity contribution is -0.141. The van der Waals surface area contributed by atoms with E-state index in [1.54, 1.807) is 4.90 Å². The molecule has 0 spiro atoms. The third-order valence-electron chi connectivity index (χ3n) is 4.57. The van der Waals surface area contributed by atoms with Crippen LogP contribution in [0.3, 0.4) is 0 Å². The minimum atomic E-state index is -0.902. The highest BCUT2D eigenvalue weighted by Gasteiger charge is 2.43. The van der Waals surface area contributed by atoms with E-state index in [-0.39, 0.29) is 17.4 Å². The number of hydrogen-bond acceptors (Lipinski definition) is 3. The Bertz CT molecular complexity index is 404. The number of nitrogens with zero attached hydrogens (tertiary/aromatic N) is 2. The van der Waals surface area contributed by atoms with Gasteiger partial charge in [0.05, 0.1) is 5.37 Å². The van der Waals surface area contributed by atoms with Crippen molar-refractivity contribution in [3.8, 4) is 0 Å².